The van der Waals surface area contributed by atoms with Crippen molar-refractivity contribution < 1.29 is 4.79 Å². The van der Waals surface area contributed by atoms with Crippen LogP contribution in [0.25, 0.3) is 10.6 Å². The van der Waals surface area contributed by atoms with Gasteiger partial charge in [0.25, 0.3) is 5.91 Å². The lowest BCUT2D eigenvalue weighted by Gasteiger charge is -2.15. The fourth-order valence-corrected chi connectivity index (χ4v) is 2.86. The van der Waals surface area contributed by atoms with Gasteiger partial charge in [-0.25, -0.2) is 15.0 Å². The van der Waals surface area contributed by atoms with Crippen molar-refractivity contribution >= 4 is 28.7 Å². The van der Waals surface area contributed by atoms with Gasteiger partial charge in [0.2, 0.25) is 0 Å². The Bertz CT molecular complexity index is 816. The van der Waals surface area contributed by atoms with Gasteiger partial charge in [-0.2, -0.15) is 0 Å². The molecule has 0 spiro atoms. The molecule has 0 bridgehead atoms. The molecule has 1 amide bonds. The van der Waals surface area contributed by atoms with E-state index in [1.807, 2.05) is 49.3 Å². The lowest BCUT2D eigenvalue weighted by atomic mass is 10.2. The maximum atomic E-state index is 12.4. The van der Waals surface area contributed by atoms with E-state index < -0.39 is 0 Å². The zero-order valence-corrected chi connectivity index (χ0v) is 13.5. The molecule has 0 aliphatic heterocycles. The highest BCUT2D eigenvalue weighted by Crippen LogP contribution is 2.26. The summed E-state index contributed by atoms with van der Waals surface area (Å²) in [5.74, 6) is 0.434. The number of rotatable bonds is 4. The SMILES string of the molecule is CN(C)c1ncncc1NC(=O)c1cnc(-c2ccccc2)s1. The zero-order valence-electron chi connectivity index (χ0n) is 12.7. The van der Waals surface area contributed by atoms with Gasteiger partial charge in [0.05, 0.1) is 12.4 Å². The van der Waals surface area contributed by atoms with Crippen molar-refractivity contribution in [3.8, 4) is 10.6 Å². The topological polar surface area (TPSA) is 71.0 Å². The van der Waals surface area contributed by atoms with Gasteiger partial charge in [-0.3, -0.25) is 4.79 Å². The van der Waals surface area contributed by atoms with Gasteiger partial charge in [0.1, 0.15) is 21.9 Å². The van der Waals surface area contributed by atoms with Crippen LogP contribution in [0.3, 0.4) is 0 Å². The number of anilines is 2. The van der Waals surface area contributed by atoms with E-state index in [1.54, 1.807) is 12.4 Å². The van der Waals surface area contributed by atoms with Crippen LogP contribution in [0.2, 0.25) is 0 Å². The molecule has 1 N–H and O–H groups in total. The van der Waals surface area contributed by atoms with Gasteiger partial charge >= 0.3 is 0 Å². The molecule has 7 heteroatoms. The van der Waals surface area contributed by atoms with E-state index in [9.17, 15) is 4.79 Å². The van der Waals surface area contributed by atoms with Crippen LogP contribution in [-0.4, -0.2) is 35.0 Å². The summed E-state index contributed by atoms with van der Waals surface area (Å²) in [7, 11) is 3.72. The van der Waals surface area contributed by atoms with Crippen LogP contribution >= 0.6 is 11.3 Å². The molecule has 2 heterocycles. The van der Waals surface area contributed by atoms with Crippen LogP contribution < -0.4 is 10.2 Å². The second kappa shape index (κ2) is 6.53. The number of benzene rings is 1. The maximum absolute atomic E-state index is 12.4. The number of amides is 1. The van der Waals surface area contributed by atoms with E-state index in [1.165, 1.54) is 17.7 Å². The molecular weight excluding hydrogens is 310 g/mol. The summed E-state index contributed by atoms with van der Waals surface area (Å²) in [5.41, 5.74) is 1.56. The van der Waals surface area contributed by atoms with Gasteiger partial charge in [-0.15, -0.1) is 11.3 Å². The molecule has 0 unspecified atom stereocenters. The third-order valence-corrected chi connectivity index (χ3v) is 4.16. The molecule has 0 atom stereocenters. The van der Waals surface area contributed by atoms with Gasteiger partial charge in [-0.1, -0.05) is 30.3 Å². The molecule has 0 saturated heterocycles. The number of hydrogen-bond acceptors (Lipinski definition) is 6. The number of thiazole rings is 1. The van der Waals surface area contributed by atoms with Crippen molar-refractivity contribution in [2.75, 3.05) is 24.3 Å². The first-order valence-corrected chi connectivity index (χ1v) is 7.76. The van der Waals surface area contributed by atoms with Crippen molar-refractivity contribution in [2.45, 2.75) is 0 Å². The van der Waals surface area contributed by atoms with Crippen molar-refractivity contribution in [2.24, 2.45) is 0 Å². The number of nitrogens with zero attached hydrogens (tertiary/aromatic N) is 4. The Hall–Kier alpha value is -2.80. The second-order valence-electron chi connectivity index (χ2n) is 5.00. The molecule has 3 aromatic rings. The summed E-state index contributed by atoms with van der Waals surface area (Å²) in [6.07, 6.45) is 4.62. The van der Waals surface area contributed by atoms with Crippen LogP contribution in [0.1, 0.15) is 9.67 Å². The summed E-state index contributed by atoms with van der Waals surface area (Å²) in [6, 6.07) is 9.77. The van der Waals surface area contributed by atoms with Gasteiger partial charge in [0, 0.05) is 19.7 Å². The Balaban J connectivity index is 1.81. The summed E-state index contributed by atoms with van der Waals surface area (Å²) in [5, 5.41) is 3.65. The zero-order chi connectivity index (χ0) is 16.2. The molecule has 0 fully saturated rings. The molecule has 1 aromatic carbocycles. The Morgan fingerprint density at radius 3 is 2.65 bits per heavy atom. The summed E-state index contributed by atoms with van der Waals surface area (Å²) < 4.78 is 0. The van der Waals surface area contributed by atoms with E-state index in [0.717, 1.165) is 10.6 Å². The Morgan fingerprint density at radius 1 is 1.13 bits per heavy atom. The molecule has 0 aliphatic carbocycles. The van der Waals surface area contributed by atoms with Crippen LogP contribution in [0.4, 0.5) is 11.5 Å². The van der Waals surface area contributed by atoms with Crippen molar-refractivity contribution in [3.63, 3.8) is 0 Å². The first-order valence-electron chi connectivity index (χ1n) is 6.95. The minimum atomic E-state index is -0.220. The molecule has 0 aliphatic rings. The van der Waals surface area contributed by atoms with Gasteiger partial charge in [0.15, 0.2) is 5.82 Å². The molecule has 0 radical (unpaired) electrons. The van der Waals surface area contributed by atoms with E-state index in [0.29, 0.717) is 16.4 Å². The van der Waals surface area contributed by atoms with Crippen molar-refractivity contribution in [1.82, 2.24) is 15.0 Å². The Labute approximate surface area is 137 Å². The average molecular weight is 325 g/mol. The summed E-state index contributed by atoms with van der Waals surface area (Å²) in [4.78, 5) is 27.2. The maximum Gasteiger partial charge on any atom is 0.267 e. The number of hydrogen-bond donors (Lipinski definition) is 1. The quantitative estimate of drug-likeness (QED) is 0.798. The number of carbonyl (C=O) groups is 1. The molecule has 23 heavy (non-hydrogen) atoms. The van der Waals surface area contributed by atoms with Crippen LogP contribution in [-0.2, 0) is 0 Å². The van der Waals surface area contributed by atoms with Crippen molar-refractivity contribution in [3.05, 3.63) is 53.9 Å². The highest BCUT2D eigenvalue weighted by Gasteiger charge is 2.15. The van der Waals surface area contributed by atoms with Gasteiger partial charge < -0.3 is 10.2 Å². The third kappa shape index (κ3) is 3.35. The molecule has 3 rings (SSSR count). The first-order chi connectivity index (χ1) is 11.1. The largest absolute Gasteiger partial charge is 0.361 e. The van der Waals surface area contributed by atoms with E-state index in [-0.39, 0.29) is 5.91 Å². The lowest BCUT2D eigenvalue weighted by Crippen LogP contribution is -2.17. The minimum Gasteiger partial charge on any atom is -0.361 e. The molecular formula is C16H15N5OS. The van der Waals surface area contributed by atoms with Crippen LogP contribution in [0, 0.1) is 0 Å². The average Bonchev–Trinajstić information content (AvgIpc) is 3.06. The third-order valence-electron chi connectivity index (χ3n) is 3.11. The number of carbonyl (C=O) groups excluding carboxylic acids is 1. The van der Waals surface area contributed by atoms with Crippen molar-refractivity contribution in [1.29, 1.82) is 0 Å². The fraction of sp³-hybridized carbons (Fsp3) is 0.125. The fourth-order valence-electron chi connectivity index (χ4n) is 2.04. The summed E-state index contributed by atoms with van der Waals surface area (Å²) >= 11 is 1.35. The van der Waals surface area contributed by atoms with E-state index in [4.69, 9.17) is 0 Å². The number of aromatic nitrogens is 3. The van der Waals surface area contributed by atoms with Crippen LogP contribution in [0.15, 0.2) is 49.1 Å². The predicted molar refractivity (Wildman–Crippen MR) is 91.9 cm³/mol. The first kappa shape index (κ1) is 15.1. The minimum absolute atomic E-state index is 0.220. The molecule has 2 aromatic heterocycles. The Morgan fingerprint density at radius 2 is 1.91 bits per heavy atom. The highest BCUT2D eigenvalue weighted by atomic mass is 32.1. The van der Waals surface area contributed by atoms with E-state index >= 15 is 0 Å². The summed E-state index contributed by atoms with van der Waals surface area (Å²) in [6.45, 7) is 0. The predicted octanol–water partition coefficient (Wildman–Crippen LogP) is 2.92. The normalized spacial score (nSPS) is 10.3. The molecule has 6 nitrogen and oxygen atoms in total. The van der Waals surface area contributed by atoms with Gasteiger partial charge in [-0.05, 0) is 0 Å². The monoisotopic (exact) mass is 325 g/mol. The number of nitrogens with one attached hydrogen (secondary N) is 1. The second-order valence-corrected chi connectivity index (χ2v) is 6.03. The lowest BCUT2D eigenvalue weighted by molar-refractivity contribution is 0.103. The molecule has 0 saturated carbocycles. The smallest absolute Gasteiger partial charge is 0.267 e. The van der Waals surface area contributed by atoms with Crippen LogP contribution in [0.5, 0.6) is 0 Å². The van der Waals surface area contributed by atoms with E-state index in [2.05, 4.69) is 20.3 Å². The standard InChI is InChI=1S/C16H15N5OS/c1-21(2)14-12(8-17-10-19-14)20-15(22)13-9-18-16(23-13)11-6-4-3-5-7-11/h3-10H,1-2H3,(H,20,22). The highest BCUT2D eigenvalue weighted by molar-refractivity contribution is 7.17. The molecule has 116 valence electrons. The Kier molecular flexibility index (Phi) is 4.29.